The molecule has 0 amide bonds. The first kappa shape index (κ1) is 15.2. The maximum atomic E-state index is 5.71. The van der Waals surface area contributed by atoms with Crippen molar-refractivity contribution < 1.29 is 9.47 Å². The SMILES string of the molecule is CN(C)C1(CNC2COC(C)(C)OC2)CCCCC1. The van der Waals surface area contributed by atoms with Crippen LogP contribution >= 0.6 is 0 Å². The molecule has 2 aliphatic rings. The molecule has 1 saturated carbocycles. The van der Waals surface area contributed by atoms with Gasteiger partial charge in [0.25, 0.3) is 0 Å². The van der Waals surface area contributed by atoms with Gasteiger partial charge < -0.3 is 19.7 Å². The van der Waals surface area contributed by atoms with Crippen molar-refractivity contribution in [3.63, 3.8) is 0 Å². The van der Waals surface area contributed by atoms with Gasteiger partial charge in [0.05, 0.1) is 19.3 Å². The van der Waals surface area contributed by atoms with Crippen molar-refractivity contribution in [2.75, 3.05) is 33.9 Å². The zero-order chi connectivity index (χ0) is 13.9. The van der Waals surface area contributed by atoms with Crippen molar-refractivity contribution in [2.24, 2.45) is 0 Å². The zero-order valence-corrected chi connectivity index (χ0v) is 13.0. The highest BCUT2D eigenvalue weighted by molar-refractivity contribution is 4.93. The van der Waals surface area contributed by atoms with Crippen LogP contribution in [0.15, 0.2) is 0 Å². The molecule has 1 N–H and O–H groups in total. The van der Waals surface area contributed by atoms with Gasteiger partial charge in [0.2, 0.25) is 0 Å². The summed E-state index contributed by atoms with van der Waals surface area (Å²) in [5, 5.41) is 3.66. The Morgan fingerprint density at radius 3 is 2.16 bits per heavy atom. The Morgan fingerprint density at radius 1 is 1.05 bits per heavy atom. The Labute approximate surface area is 117 Å². The van der Waals surface area contributed by atoms with E-state index in [1.165, 1.54) is 32.1 Å². The standard InChI is InChI=1S/C15H30N2O2/c1-14(2)18-10-13(11-19-14)16-12-15(17(3)4)8-6-5-7-9-15/h13,16H,5-12H2,1-4H3. The largest absolute Gasteiger partial charge is 0.349 e. The third-order valence-corrected chi connectivity index (χ3v) is 4.72. The van der Waals surface area contributed by atoms with Crippen LogP contribution in [0.3, 0.4) is 0 Å². The van der Waals surface area contributed by atoms with Crippen LogP contribution in [0.1, 0.15) is 46.0 Å². The molecule has 112 valence electrons. The van der Waals surface area contributed by atoms with E-state index in [4.69, 9.17) is 9.47 Å². The van der Waals surface area contributed by atoms with Crippen LogP contribution in [0, 0.1) is 0 Å². The number of nitrogens with one attached hydrogen (secondary N) is 1. The highest BCUT2D eigenvalue weighted by atomic mass is 16.7. The van der Waals surface area contributed by atoms with Crippen molar-refractivity contribution >= 4 is 0 Å². The second-order valence-corrected chi connectivity index (χ2v) is 6.78. The molecule has 1 heterocycles. The fraction of sp³-hybridized carbons (Fsp3) is 1.00. The summed E-state index contributed by atoms with van der Waals surface area (Å²) in [6, 6.07) is 0.326. The monoisotopic (exact) mass is 270 g/mol. The normalized spacial score (nSPS) is 27.6. The topological polar surface area (TPSA) is 33.7 Å². The van der Waals surface area contributed by atoms with Crippen LogP contribution in [0.2, 0.25) is 0 Å². The minimum atomic E-state index is -0.414. The molecule has 0 aromatic rings. The average Bonchev–Trinajstić information content (AvgIpc) is 2.38. The molecule has 0 radical (unpaired) electrons. The molecule has 0 unspecified atom stereocenters. The van der Waals surface area contributed by atoms with Gasteiger partial charge in [-0.25, -0.2) is 0 Å². The van der Waals surface area contributed by atoms with E-state index in [1.807, 2.05) is 13.8 Å². The molecule has 4 nitrogen and oxygen atoms in total. The van der Waals surface area contributed by atoms with E-state index >= 15 is 0 Å². The summed E-state index contributed by atoms with van der Waals surface area (Å²) in [6.07, 6.45) is 6.69. The maximum absolute atomic E-state index is 5.71. The summed E-state index contributed by atoms with van der Waals surface area (Å²) in [6.45, 7) is 6.49. The summed E-state index contributed by atoms with van der Waals surface area (Å²) in [4.78, 5) is 2.41. The Hall–Kier alpha value is -0.160. The number of ether oxygens (including phenoxy) is 2. The van der Waals surface area contributed by atoms with E-state index in [0.29, 0.717) is 11.6 Å². The van der Waals surface area contributed by atoms with Gasteiger partial charge in [-0.1, -0.05) is 19.3 Å². The molecule has 1 aliphatic heterocycles. The molecular weight excluding hydrogens is 240 g/mol. The van der Waals surface area contributed by atoms with Crippen molar-refractivity contribution in [2.45, 2.75) is 63.3 Å². The lowest BCUT2D eigenvalue weighted by molar-refractivity contribution is -0.253. The average molecular weight is 270 g/mol. The molecule has 0 aromatic carbocycles. The minimum absolute atomic E-state index is 0.325. The lowest BCUT2D eigenvalue weighted by atomic mass is 9.80. The minimum Gasteiger partial charge on any atom is -0.349 e. The summed E-state index contributed by atoms with van der Waals surface area (Å²) in [7, 11) is 4.42. The Balaban J connectivity index is 1.83. The first-order chi connectivity index (χ1) is 8.94. The molecule has 4 heteroatoms. The van der Waals surface area contributed by atoms with Gasteiger partial charge in [-0.2, -0.15) is 0 Å². The molecule has 19 heavy (non-hydrogen) atoms. The first-order valence-corrected chi connectivity index (χ1v) is 7.62. The summed E-state index contributed by atoms with van der Waals surface area (Å²) in [5.74, 6) is -0.414. The van der Waals surface area contributed by atoms with E-state index in [-0.39, 0.29) is 0 Å². The quantitative estimate of drug-likeness (QED) is 0.847. The third kappa shape index (κ3) is 3.91. The number of nitrogens with zero attached hydrogens (tertiary/aromatic N) is 1. The maximum Gasteiger partial charge on any atom is 0.162 e. The smallest absolute Gasteiger partial charge is 0.162 e. The van der Waals surface area contributed by atoms with Gasteiger partial charge in [-0.3, -0.25) is 0 Å². The van der Waals surface area contributed by atoms with E-state index in [9.17, 15) is 0 Å². The molecule has 0 spiro atoms. The van der Waals surface area contributed by atoms with Crippen LogP contribution in [-0.2, 0) is 9.47 Å². The molecule has 1 saturated heterocycles. The van der Waals surface area contributed by atoms with E-state index in [0.717, 1.165) is 19.8 Å². The van der Waals surface area contributed by atoms with Crippen LogP contribution in [0.25, 0.3) is 0 Å². The molecular formula is C15H30N2O2. The van der Waals surface area contributed by atoms with Gasteiger partial charge in [0, 0.05) is 12.1 Å². The van der Waals surface area contributed by atoms with E-state index in [1.54, 1.807) is 0 Å². The van der Waals surface area contributed by atoms with Crippen molar-refractivity contribution in [3.8, 4) is 0 Å². The molecule has 0 atom stereocenters. The zero-order valence-electron chi connectivity index (χ0n) is 13.0. The second kappa shape index (κ2) is 6.08. The van der Waals surface area contributed by atoms with Crippen LogP contribution in [-0.4, -0.2) is 56.1 Å². The Kier molecular flexibility index (Phi) is 4.88. The second-order valence-electron chi connectivity index (χ2n) is 6.78. The number of hydrogen-bond acceptors (Lipinski definition) is 4. The predicted octanol–water partition coefficient (Wildman–Crippen LogP) is 1.99. The molecule has 2 fully saturated rings. The summed E-state index contributed by atoms with van der Waals surface area (Å²) in [5.41, 5.74) is 0.325. The van der Waals surface area contributed by atoms with Gasteiger partial charge in [0.1, 0.15) is 0 Å². The highest BCUT2D eigenvalue weighted by Crippen LogP contribution is 2.31. The fourth-order valence-electron chi connectivity index (χ4n) is 3.14. The van der Waals surface area contributed by atoms with Crippen LogP contribution < -0.4 is 5.32 Å². The fourth-order valence-corrected chi connectivity index (χ4v) is 3.14. The lowest BCUT2D eigenvalue weighted by Gasteiger charge is -2.45. The van der Waals surface area contributed by atoms with Crippen LogP contribution in [0.5, 0.6) is 0 Å². The molecule has 0 aromatic heterocycles. The lowest BCUT2D eigenvalue weighted by Crippen LogP contribution is -2.57. The van der Waals surface area contributed by atoms with Gasteiger partial charge in [-0.15, -0.1) is 0 Å². The number of hydrogen-bond donors (Lipinski definition) is 1. The van der Waals surface area contributed by atoms with Crippen molar-refractivity contribution in [1.29, 1.82) is 0 Å². The van der Waals surface area contributed by atoms with Gasteiger partial charge >= 0.3 is 0 Å². The summed E-state index contributed by atoms with van der Waals surface area (Å²) >= 11 is 0. The molecule has 0 bridgehead atoms. The highest BCUT2D eigenvalue weighted by Gasteiger charge is 2.35. The molecule has 2 rings (SSSR count). The van der Waals surface area contributed by atoms with E-state index < -0.39 is 5.79 Å². The Bertz CT molecular complexity index is 276. The molecule has 1 aliphatic carbocycles. The van der Waals surface area contributed by atoms with Crippen molar-refractivity contribution in [3.05, 3.63) is 0 Å². The number of rotatable bonds is 4. The van der Waals surface area contributed by atoms with Crippen LogP contribution in [0.4, 0.5) is 0 Å². The Morgan fingerprint density at radius 2 is 1.63 bits per heavy atom. The first-order valence-electron chi connectivity index (χ1n) is 7.62. The van der Waals surface area contributed by atoms with Crippen molar-refractivity contribution in [1.82, 2.24) is 10.2 Å². The van der Waals surface area contributed by atoms with Gasteiger partial charge in [0.15, 0.2) is 5.79 Å². The number of likely N-dealkylation sites (N-methyl/N-ethyl adjacent to an activating group) is 1. The van der Waals surface area contributed by atoms with E-state index in [2.05, 4.69) is 24.3 Å². The third-order valence-electron chi connectivity index (χ3n) is 4.72. The predicted molar refractivity (Wildman–Crippen MR) is 77.3 cm³/mol. The van der Waals surface area contributed by atoms with Gasteiger partial charge in [-0.05, 0) is 40.8 Å². The summed E-state index contributed by atoms with van der Waals surface area (Å²) < 4.78 is 11.4.